The van der Waals surface area contributed by atoms with Crippen LogP contribution in [0.2, 0.25) is 0 Å². The average molecular weight is 343 g/mol. The van der Waals surface area contributed by atoms with Gasteiger partial charge in [-0.3, -0.25) is 14.9 Å². The number of rotatable bonds is 5. The van der Waals surface area contributed by atoms with Crippen LogP contribution in [0, 0.1) is 33.3 Å². The van der Waals surface area contributed by atoms with E-state index < -0.39 is 10.9 Å². The molecule has 1 aromatic rings. The highest BCUT2D eigenvalue weighted by Crippen LogP contribution is 2.60. The molecule has 0 atom stereocenters. The van der Waals surface area contributed by atoms with Crippen LogP contribution in [0.3, 0.4) is 0 Å². The maximum atomic E-state index is 12.8. The Bertz CT molecular complexity index is 706. The summed E-state index contributed by atoms with van der Waals surface area (Å²) in [5.41, 5.74) is -0.724. The van der Waals surface area contributed by atoms with Crippen LogP contribution in [0.25, 0.3) is 0 Å². The highest BCUT2D eigenvalue weighted by molar-refractivity contribution is 5.96. The lowest BCUT2D eigenvalue weighted by molar-refractivity contribution is -0.385. The molecule has 0 aromatic heterocycles. The second-order valence-electron chi connectivity index (χ2n) is 7.97. The van der Waals surface area contributed by atoms with Crippen LogP contribution in [-0.2, 0) is 9.53 Å². The third-order valence-electron chi connectivity index (χ3n) is 6.28. The first-order valence-electron chi connectivity index (χ1n) is 8.91. The molecule has 6 nitrogen and oxygen atoms in total. The van der Waals surface area contributed by atoms with Gasteiger partial charge in [-0.2, -0.15) is 0 Å². The molecule has 1 aromatic carbocycles. The number of hydrogen-bond donors (Lipinski definition) is 0. The van der Waals surface area contributed by atoms with E-state index in [2.05, 4.69) is 0 Å². The fourth-order valence-corrected chi connectivity index (χ4v) is 5.62. The van der Waals surface area contributed by atoms with Gasteiger partial charge in [-0.15, -0.1) is 0 Å². The molecule has 4 fully saturated rings. The van der Waals surface area contributed by atoms with E-state index in [0.717, 1.165) is 19.3 Å². The molecule has 0 N–H and O–H groups in total. The standard InChI is InChI=1S/C19H21NO5/c21-17(19-8-12-5-13(9-19)7-14(6-12)10-19)11-25-18(22)15-3-1-2-4-16(15)20(23)24/h1-4,12-14H,5-11H2. The Morgan fingerprint density at radius 3 is 2.20 bits per heavy atom. The number of carbonyl (C=O) groups excluding carboxylic acids is 2. The number of nitro benzene ring substituents is 1. The van der Waals surface area contributed by atoms with Crippen LogP contribution >= 0.6 is 0 Å². The average Bonchev–Trinajstić information content (AvgIpc) is 2.58. The normalized spacial score (nSPS) is 32.4. The van der Waals surface area contributed by atoms with E-state index in [-0.39, 0.29) is 29.1 Å². The van der Waals surface area contributed by atoms with Crippen LogP contribution < -0.4 is 0 Å². The Kier molecular flexibility index (Phi) is 3.85. The quantitative estimate of drug-likeness (QED) is 0.464. The molecule has 0 aliphatic heterocycles. The highest BCUT2D eigenvalue weighted by Gasteiger charge is 2.54. The fourth-order valence-electron chi connectivity index (χ4n) is 5.62. The monoisotopic (exact) mass is 343 g/mol. The molecule has 5 rings (SSSR count). The molecular weight excluding hydrogens is 322 g/mol. The third kappa shape index (κ3) is 2.83. The molecule has 0 radical (unpaired) electrons. The SMILES string of the molecule is O=C(OCC(=O)C12CC3CC(CC(C3)C1)C2)c1ccccc1[N+](=O)[O-]. The van der Waals surface area contributed by atoms with Gasteiger partial charge in [-0.05, 0) is 62.3 Å². The summed E-state index contributed by atoms with van der Waals surface area (Å²) in [6.07, 6.45) is 6.47. The number of ether oxygens (including phenoxy) is 1. The largest absolute Gasteiger partial charge is 0.454 e. The van der Waals surface area contributed by atoms with Crippen molar-refractivity contribution in [2.24, 2.45) is 23.2 Å². The van der Waals surface area contributed by atoms with Crippen molar-refractivity contribution in [1.29, 1.82) is 0 Å². The van der Waals surface area contributed by atoms with E-state index >= 15 is 0 Å². The second kappa shape index (κ2) is 5.93. The zero-order chi connectivity index (χ0) is 17.6. The summed E-state index contributed by atoms with van der Waals surface area (Å²) in [5.74, 6) is 1.12. The van der Waals surface area contributed by atoms with E-state index in [0.29, 0.717) is 17.8 Å². The molecule has 4 saturated carbocycles. The summed E-state index contributed by atoms with van der Waals surface area (Å²) >= 11 is 0. The molecule has 4 aliphatic carbocycles. The molecule has 4 bridgehead atoms. The van der Waals surface area contributed by atoms with Crippen molar-refractivity contribution in [3.05, 3.63) is 39.9 Å². The minimum Gasteiger partial charge on any atom is -0.454 e. The predicted octanol–water partition coefficient (Wildman–Crippen LogP) is 3.54. The fraction of sp³-hybridized carbons (Fsp3) is 0.579. The van der Waals surface area contributed by atoms with Crippen LogP contribution in [0.5, 0.6) is 0 Å². The van der Waals surface area contributed by atoms with E-state index in [9.17, 15) is 19.7 Å². The van der Waals surface area contributed by atoms with Gasteiger partial charge in [0.25, 0.3) is 5.69 Å². The first-order chi connectivity index (χ1) is 12.0. The van der Waals surface area contributed by atoms with Gasteiger partial charge >= 0.3 is 5.97 Å². The van der Waals surface area contributed by atoms with Crippen molar-refractivity contribution in [3.63, 3.8) is 0 Å². The van der Waals surface area contributed by atoms with Crippen molar-refractivity contribution < 1.29 is 19.2 Å². The summed E-state index contributed by atoms with van der Waals surface area (Å²) in [6, 6.07) is 5.66. The van der Waals surface area contributed by atoms with Crippen molar-refractivity contribution in [1.82, 2.24) is 0 Å². The van der Waals surface area contributed by atoms with E-state index in [1.54, 1.807) is 6.07 Å². The Balaban J connectivity index is 1.44. The zero-order valence-corrected chi connectivity index (χ0v) is 14.0. The summed E-state index contributed by atoms with van der Waals surface area (Å²) in [5, 5.41) is 11.0. The van der Waals surface area contributed by atoms with E-state index in [4.69, 9.17) is 4.74 Å². The van der Waals surface area contributed by atoms with Gasteiger partial charge in [0.15, 0.2) is 12.4 Å². The van der Waals surface area contributed by atoms with Crippen LogP contribution in [0.4, 0.5) is 5.69 Å². The number of esters is 1. The molecule has 25 heavy (non-hydrogen) atoms. The molecule has 0 heterocycles. The first-order valence-corrected chi connectivity index (χ1v) is 8.91. The number of nitro groups is 1. The highest BCUT2D eigenvalue weighted by atomic mass is 16.6. The van der Waals surface area contributed by atoms with Crippen LogP contribution in [-0.4, -0.2) is 23.3 Å². The number of nitrogens with zero attached hydrogens (tertiary/aromatic N) is 1. The van der Waals surface area contributed by atoms with Gasteiger partial charge in [0.05, 0.1) is 4.92 Å². The molecule has 0 amide bonds. The topological polar surface area (TPSA) is 86.5 Å². The van der Waals surface area contributed by atoms with Gasteiger partial charge in [0.1, 0.15) is 5.56 Å². The minimum absolute atomic E-state index is 0.00136. The lowest BCUT2D eigenvalue weighted by Crippen LogP contribution is -2.51. The number of hydrogen-bond acceptors (Lipinski definition) is 5. The number of ketones is 1. The number of carbonyl (C=O) groups is 2. The summed E-state index contributed by atoms with van der Waals surface area (Å²) in [6.45, 7) is -0.281. The predicted molar refractivity (Wildman–Crippen MR) is 89.0 cm³/mol. The smallest absolute Gasteiger partial charge is 0.345 e. The van der Waals surface area contributed by atoms with Crippen molar-refractivity contribution in [2.75, 3.05) is 6.61 Å². The van der Waals surface area contributed by atoms with Gasteiger partial charge in [-0.25, -0.2) is 4.79 Å². The second-order valence-corrected chi connectivity index (χ2v) is 7.97. The molecule has 0 spiro atoms. The van der Waals surface area contributed by atoms with Crippen LogP contribution in [0.15, 0.2) is 24.3 Å². The van der Waals surface area contributed by atoms with Gasteiger partial charge in [0, 0.05) is 11.5 Å². The third-order valence-corrected chi connectivity index (χ3v) is 6.28. The number of Topliss-reactive ketones (excluding diaryl/α,β-unsaturated/α-hetero) is 1. The lowest BCUT2D eigenvalue weighted by Gasteiger charge is -2.55. The maximum Gasteiger partial charge on any atom is 0.345 e. The molecule has 4 aliphatic rings. The minimum atomic E-state index is -0.801. The van der Waals surface area contributed by atoms with Gasteiger partial charge in [0.2, 0.25) is 0 Å². The number of para-hydroxylation sites is 1. The Morgan fingerprint density at radius 2 is 1.64 bits per heavy atom. The van der Waals surface area contributed by atoms with Crippen molar-refractivity contribution in [2.45, 2.75) is 38.5 Å². The summed E-state index contributed by atoms with van der Waals surface area (Å²) in [4.78, 5) is 35.5. The summed E-state index contributed by atoms with van der Waals surface area (Å²) in [7, 11) is 0. The zero-order valence-electron chi connectivity index (χ0n) is 14.0. The summed E-state index contributed by atoms with van der Waals surface area (Å²) < 4.78 is 5.18. The van der Waals surface area contributed by atoms with E-state index in [1.807, 2.05) is 0 Å². The van der Waals surface area contributed by atoms with E-state index in [1.165, 1.54) is 37.5 Å². The number of benzene rings is 1. The Morgan fingerprint density at radius 1 is 1.08 bits per heavy atom. The van der Waals surface area contributed by atoms with Crippen LogP contribution in [0.1, 0.15) is 48.9 Å². The molecular formula is C19H21NO5. The molecule has 6 heteroatoms. The Labute approximate surface area is 145 Å². The molecule has 132 valence electrons. The van der Waals surface area contributed by atoms with Gasteiger partial charge in [-0.1, -0.05) is 12.1 Å². The first kappa shape index (κ1) is 16.2. The van der Waals surface area contributed by atoms with Crippen molar-refractivity contribution >= 4 is 17.4 Å². The maximum absolute atomic E-state index is 12.8. The molecule has 0 saturated heterocycles. The lowest BCUT2D eigenvalue weighted by atomic mass is 9.48. The van der Waals surface area contributed by atoms with Crippen molar-refractivity contribution in [3.8, 4) is 0 Å². The van der Waals surface area contributed by atoms with Gasteiger partial charge < -0.3 is 4.74 Å². The Hall–Kier alpha value is -2.24. The molecule has 0 unspecified atom stereocenters.